The van der Waals surface area contributed by atoms with Crippen molar-refractivity contribution in [3.8, 4) is 11.1 Å². The van der Waals surface area contributed by atoms with Gasteiger partial charge in [0.05, 0.1) is 27.5 Å². The molecule has 2 amide bonds. The summed E-state index contributed by atoms with van der Waals surface area (Å²) in [6, 6.07) is 4.00. The molecule has 1 unspecified atom stereocenters. The molecule has 1 aliphatic heterocycles. The Morgan fingerprint density at radius 2 is 1.76 bits per heavy atom. The van der Waals surface area contributed by atoms with Crippen LogP contribution < -0.4 is 5.32 Å². The second kappa shape index (κ2) is 11.3. The van der Waals surface area contributed by atoms with Gasteiger partial charge in [0.25, 0.3) is 0 Å². The number of amides is 2. The topological polar surface area (TPSA) is 124 Å². The molecule has 1 N–H and O–H groups in total. The van der Waals surface area contributed by atoms with E-state index in [9.17, 15) is 9.59 Å². The molecule has 46 heavy (non-hydrogen) atoms. The molecule has 15 heteroatoms. The summed E-state index contributed by atoms with van der Waals surface area (Å²) in [6.45, 7) is 13.5. The maximum Gasteiger partial charge on any atom is 0.413 e. The van der Waals surface area contributed by atoms with Gasteiger partial charge in [0, 0.05) is 35.5 Å². The minimum Gasteiger partial charge on any atom is -0.444 e. The van der Waals surface area contributed by atoms with Crippen molar-refractivity contribution in [2.45, 2.75) is 65.7 Å². The van der Waals surface area contributed by atoms with Crippen LogP contribution in [0.2, 0.25) is 5.02 Å². The van der Waals surface area contributed by atoms with Gasteiger partial charge < -0.3 is 14.4 Å². The fraction of sp³-hybridized carbons (Fsp3) is 0.419. The van der Waals surface area contributed by atoms with E-state index in [4.69, 9.17) is 21.1 Å². The van der Waals surface area contributed by atoms with Gasteiger partial charge in [-0.15, -0.1) is 5.10 Å². The molecule has 1 atom stereocenters. The number of thiazole rings is 1. The first kappa shape index (κ1) is 31.8. The predicted molar refractivity (Wildman–Crippen MR) is 172 cm³/mol. The Morgan fingerprint density at radius 3 is 2.43 bits per heavy atom. The van der Waals surface area contributed by atoms with Gasteiger partial charge in [-0.05, 0) is 66.7 Å². The summed E-state index contributed by atoms with van der Waals surface area (Å²) in [5.41, 5.74) is -0.696. The van der Waals surface area contributed by atoms with Crippen molar-refractivity contribution in [1.29, 1.82) is 0 Å². The van der Waals surface area contributed by atoms with Gasteiger partial charge >= 0.3 is 12.2 Å². The summed E-state index contributed by atoms with van der Waals surface area (Å²) in [5.74, 6) is -1.55. The zero-order valence-corrected chi connectivity index (χ0v) is 27.8. The average Bonchev–Trinajstić information content (AvgIpc) is 3.51. The number of anilines is 1. The van der Waals surface area contributed by atoms with Gasteiger partial charge in [0.15, 0.2) is 10.9 Å². The quantitative estimate of drug-likeness (QED) is 0.204. The van der Waals surface area contributed by atoms with E-state index in [1.165, 1.54) is 24.4 Å². The summed E-state index contributed by atoms with van der Waals surface area (Å²) in [4.78, 5) is 35.1. The van der Waals surface area contributed by atoms with Gasteiger partial charge in [0.2, 0.25) is 0 Å². The van der Waals surface area contributed by atoms with Crippen molar-refractivity contribution in [1.82, 2.24) is 29.9 Å². The standard InChI is InChI=1S/C31H32ClF2N7O4S/c1-14(15-12-40(13-15)29(43)45-31(5,6)7)41-26-16-10-17(32)21(23(34)24(16)35-11-19(26)38-39-41)22-18(33)8-9-20-25(22)36-27(46-20)37-28(42)44-30(2,3)4/h8-11,14-15H,12-13H2,1-7H3,(H,36,37,42). The number of benzene rings is 2. The highest BCUT2D eigenvalue weighted by molar-refractivity contribution is 7.22. The molecule has 3 aromatic heterocycles. The Hall–Kier alpha value is -4.17. The highest BCUT2D eigenvalue weighted by Gasteiger charge is 2.38. The van der Waals surface area contributed by atoms with E-state index in [2.05, 4.69) is 25.6 Å². The number of nitrogens with zero attached hydrogens (tertiary/aromatic N) is 6. The zero-order chi connectivity index (χ0) is 33.3. The van der Waals surface area contributed by atoms with E-state index < -0.39 is 28.9 Å². The highest BCUT2D eigenvalue weighted by Crippen LogP contribution is 2.43. The maximum absolute atomic E-state index is 16.5. The van der Waals surface area contributed by atoms with Gasteiger partial charge in [-0.25, -0.2) is 28.0 Å². The van der Waals surface area contributed by atoms with Crippen LogP contribution in [0.3, 0.4) is 0 Å². The third-order valence-corrected chi connectivity index (χ3v) is 8.72. The van der Waals surface area contributed by atoms with E-state index in [0.29, 0.717) is 34.2 Å². The largest absolute Gasteiger partial charge is 0.444 e. The van der Waals surface area contributed by atoms with E-state index in [1.807, 2.05) is 27.7 Å². The van der Waals surface area contributed by atoms with Crippen molar-refractivity contribution >= 4 is 72.4 Å². The first-order valence-corrected chi connectivity index (χ1v) is 15.8. The van der Waals surface area contributed by atoms with Crippen LogP contribution in [-0.2, 0) is 9.47 Å². The number of hydrogen-bond donors (Lipinski definition) is 1. The van der Waals surface area contributed by atoms with Gasteiger partial charge in [-0.2, -0.15) is 0 Å². The van der Waals surface area contributed by atoms with Crippen molar-refractivity contribution in [3.63, 3.8) is 0 Å². The number of aromatic nitrogens is 5. The predicted octanol–water partition coefficient (Wildman–Crippen LogP) is 7.96. The fourth-order valence-corrected chi connectivity index (χ4v) is 6.50. The van der Waals surface area contributed by atoms with E-state index in [1.54, 1.807) is 30.4 Å². The molecule has 1 aliphatic rings. The Morgan fingerprint density at radius 1 is 1.07 bits per heavy atom. The number of rotatable bonds is 4. The molecule has 1 fully saturated rings. The Labute approximate surface area is 271 Å². The number of hydrogen-bond acceptors (Lipinski definition) is 9. The molecule has 4 heterocycles. The highest BCUT2D eigenvalue weighted by atomic mass is 35.5. The zero-order valence-electron chi connectivity index (χ0n) is 26.2. The molecule has 0 bridgehead atoms. The van der Waals surface area contributed by atoms with Crippen LogP contribution in [0.5, 0.6) is 0 Å². The molecule has 1 saturated heterocycles. The summed E-state index contributed by atoms with van der Waals surface area (Å²) in [7, 11) is 0. The van der Waals surface area contributed by atoms with Gasteiger partial charge in [-0.3, -0.25) is 10.3 Å². The SMILES string of the molecule is CC(C1CN(C(=O)OC(C)(C)C)C1)n1nnc2cnc3c(F)c(-c4c(F)ccc5sc(NC(=O)OC(C)(C)C)nc45)c(Cl)cc3c21. The molecule has 5 aromatic rings. The number of carbonyl (C=O) groups is 2. The molecule has 2 aromatic carbocycles. The summed E-state index contributed by atoms with van der Waals surface area (Å²) in [6.07, 6.45) is 0.298. The normalized spacial score (nSPS) is 15.0. The number of pyridine rings is 1. The Bertz CT molecular complexity index is 2030. The lowest BCUT2D eigenvalue weighted by molar-refractivity contribution is -0.00882. The summed E-state index contributed by atoms with van der Waals surface area (Å²) >= 11 is 7.81. The van der Waals surface area contributed by atoms with Gasteiger partial charge in [-0.1, -0.05) is 28.2 Å². The molecular weight excluding hydrogens is 640 g/mol. The van der Waals surface area contributed by atoms with Gasteiger partial charge in [0.1, 0.15) is 33.6 Å². The molecule has 0 saturated carbocycles. The number of carbonyl (C=O) groups excluding carboxylic acids is 2. The van der Waals surface area contributed by atoms with Crippen molar-refractivity contribution in [3.05, 3.63) is 41.1 Å². The van der Waals surface area contributed by atoms with Crippen LogP contribution >= 0.6 is 22.9 Å². The van der Waals surface area contributed by atoms with E-state index >= 15 is 8.78 Å². The van der Waals surface area contributed by atoms with Crippen molar-refractivity contribution < 1.29 is 27.8 Å². The lowest BCUT2D eigenvalue weighted by Crippen LogP contribution is -2.53. The molecular formula is C31H32ClF2N7O4S. The van der Waals surface area contributed by atoms with Crippen LogP contribution in [0.4, 0.5) is 23.5 Å². The van der Waals surface area contributed by atoms with Crippen LogP contribution in [0, 0.1) is 17.6 Å². The summed E-state index contributed by atoms with van der Waals surface area (Å²) < 4.78 is 44.9. The van der Waals surface area contributed by atoms with Crippen LogP contribution in [0.15, 0.2) is 24.4 Å². The molecule has 0 aliphatic carbocycles. The number of fused-ring (bicyclic) bond motifs is 4. The molecule has 0 spiro atoms. The number of likely N-dealkylation sites (tertiary alicyclic amines) is 1. The number of nitrogens with one attached hydrogen (secondary N) is 1. The van der Waals surface area contributed by atoms with Crippen LogP contribution in [0.1, 0.15) is 54.5 Å². The fourth-order valence-electron chi connectivity index (χ4n) is 5.35. The second-order valence-electron chi connectivity index (χ2n) is 13.3. The Kier molecular flexibility index (Phi) is 7.79. The first-order chi connectivity index (χ1) is 21.5. The van der Waals surface area contributed by atoms with E-state index in [0.717, 1.165) is 11.3 Å². The first-order valence-electron chi connectivity index (χ1n) is 14.6. The monoisotopic (exact) mass is 671 g/mol. The lowest BCUT2D eigenvalue weighted by atomic mass is 9.93. The van der Waals surface area contributed by atoms with Crippen LogP contribution in [0.25, 0.3) is 43.3 Å². The molecule has 0 radical (unpaired) electrons. The lowest BCUT2D eigenvalue weighted by Gasteiger charge is -2.42. The minimum absolute atomic E-state index is 0.0417. The summed E-state index contributed by atoms with van der Waals surface area (Å²) in [5, 5.41) is 11.6. The number of ether oxygens (including phenoxy) is 2. The Balaban J connectivity index is 1.37. The second-order valence-corrected chi connectivity index (χ2v) is 14.7. The average molecular weight is 672 g/mol. The third-order valence-electron chi connectivity index (χ3n) is 7.48. The van der Waals surface area contributed by atoms with Crippen molar-refractivity contribution in [2.24, 2.45) is 5.92 Å². The maximum atomic E-state index is 16.5. The smallest absolute Gasteiger partial charge is 0.413 e. The third kappa shape index (κ3) is 5.91. The minimum atomic E-state index is -0.842. The molecule has 6 rings (SSSR count). The number of halogens is 3. The molecule has 11 nitrogen and oxygen atoms in total. The van der Waals surface area contributed by atoms with E-state index in [-0.39, 0.29) is 50.4 Å². The van der Waals surface area contributed by atoms with Crippen LogP contribution in [-0.4, -0.2) is 66.3 Å². The molecule has 242 valence electrons. The van der Waals surface area contributed by atoms with Crippen molar-refractivity contribution in [2.75, 3.05) is 18.4 Å².